The molecule has 92 valence electrons. The summed E-state index contributed by atoms with van der Waals surface area (Å²) in [5.41, 5.74) is 0. The van der Waals surface area contributed by atoms with Crippen molar-refractivity contribution in [2.45, 2.75) is 39.3 Å². The molecule has 16 heavy (non-hydrogen) atoms. The molecule has 0 aromatic rings. The lowest BCUT2D eigenvalue weighted by atomic mass is 10.2. The minimum absolute atomic E-state index is 0.0552. The number of carbonyl (C=O) groups is 2. The molecule has 1 saturated heterocycles. The fraction of sp³-hybridized carbons (Fsp3) is 0.818. The first-order chi connectivity index (χ1) is 7.60. The van der Waals surface area contributed by atoms with Gasteiger partial charge in [0.05, 0.1) is 12.5 Å². The highest BCUT2D eigenvalue weighted by Crippen LogP contribution is 2.14. The van der Waals surface area contributed by atoms with Crippen LogP contribution < -0.4 is 5.32 Å². The SMILES string of the molecule is CCSCC(C)NC1CC(=O)N(CC)C1=O. The summed E-state index contributed by atoms with van der Waals surface area (Å²) in [5.74, 6) is 1.92. The van der Waals surface area contributed by atoms with E-state index in [4.69, 9.17) is 0 Å². The highest BCUT2D eigenvalue weighted by Gasteiger charge is 2.37. The fourth-order valence-corrected chi connectivity index (χ4v) is 2.52. The number of amides is 2. The predicted octanol–water partition coefficient (Wildman–Crippen LogP) is 0.865. The number of hydrogen-bond donors (Lipinski definition) is 1. The van der Waals surface area contributed by atoms with Crippen LogP contribution in [0.1, 0.15) is 27.2 Å². The van der Waals surface area contributed by atoms with E-state index in [1.54, 1.807) is 0 Å². The summed E-state index contributed by atoms with van der Waals surface area (Å²) in [6.07, 6.45) is 0.313. The van der Waals surface area contributed by atoms with Crippen LogP contribution in [0.4, 0.5) is 0 Å². The van der Waals surface area contributed by atoms with Gasteiger partial charge in [0.1, 0.15) is 0 Å². The third-order valence-corrected chi connectivity index (χ3v) is 3.76. The molecule has 0 aromatic heterocycles. The van der Waals surface area contributed by atoms with E-state index in [-0.39, 0.29) is 23.9 Å². The van der Waals surface area contributed by atoms with Gasteiger partial charge in [-0.1, -0.05) is 6.92 Å². The van der Waals surface area contributed by atoms with Crippen LogP contribution in [-0.4, -0.2) is 46.8 Å². The third kappa shape index (κ3) is 3.22. The summed E-state index contributed by atoms with van der Waals surface area (Å²) in [6, 6.07) is -0.0385. The van der Waals surface area contributed by atoms with Crippen LogP contribution in [0.2, 0.25) is 0 Å². The van der Waals surface area contributed by atoms with Crippen LogP contribution in [0.25, 0.3) is 0 Å². The Hall–Kier alpha value is -0.550. The normalized spacial score (nSPS) is 22.9. The van der Waals surface area contributed by atoms with Gasteiger partial charge in [0.25, 0.3) is 0 Å². The minimum Gasteiger partial charge on any atom is -0.302 e. The number of imide groups is 1. The van der Waals surface area contributed by atoms with E-state index in [0.717, 1.165) is 11.5 Å². The molecule has 0 radical (unpaired) electrons. The van der Waals surface area contributed by atoms with Crippen LogP contribution in [0.3, 0.4) is 0 Å². The molecule has 1 aliphatic heterocycles. The second-order valence-corrected chi connectivity index (χ2v) is 5.28. The Balaban J connectivity index is 2.44. The molecule has 1 aliphatic rings. The maximum absolute atomic E-state index is 11.8. The molecular formula is C11H20N2O2S. The maximum Gasteiger partial charge on any atom is 0.246 e. The number of nitrogens with one attached hydrogen (secondary N) is 1. The second kappa shape index (κ2) is 6.25. The molecule has 0 bridgehead atoms. The molecule has 0 saturated carbocycles. The molecule has 5 heteroatoms. The maximum atomic E-state index is 11.8. The Morgan fingerprint density at radius 1 is 1.50 bits per heavy atom. The van der Waals surface area contributed by atoms with Crippen LogP contribution in [0.15, 0.2) is 0 Å². The number of likely N-dealkylation sites (N-methyl/N-ethyl adjacent to an activating group) is 1. The number of likely N-dealkylation sites (tertiary alicyclic amines) is 1. The zero-order chi connectivity index (χ0) is 12.1. The standard InChI is InChI=1S/C11H20N2O2S/c1-4-13-10(14)6-9(11(13)15)12-8(3)7-16-5-2/h8-9,12H,4-7H2,1-3H3. The summed E-state index contributed by atoms with van der Waals surface area (Å²) in [4.78, 5) is 24.6. The summed E-state index contributed by atoms with van der Waals surface area (Å²) >= 11 is 1.84. The van der Waals surface area contributed by atoms with Crippen molar-refractivity contribution in [1.29, 1.82) is 0 Å². The third-order valence-electron chi connectivity index (χ3n) is 2.62. The van der Waals surface area contributed by atoms with E-state index in [2.05, 4.69) is 19.2 Å². The average Bonchev–Trinajstić information content (AvgIpc) is 2.51. The molecule has 1 rings (SSSR count). The van der Waals surface area contributed by atoms with Crippen molar-refractivity contribution in [2.24, 2.45) is 0 Å². The Labute approximate surface area is 101 Å². The molecule has 2 amide bonds. The molecule has 0 aromatic carbocycles. The topological polar surface area (TPSA) is 49.4 Å². The van der Waals surface area contributed by atoms with Gasteiger partial charge in [0.15, 0.2) is 0 Å². The monoisotopic (exact) mass is 244 g/mol. The average molecular weight is 244 g/mol. The number of carbonyl (C=O) groups excluding carboxylic acids is 2. The first-order valence-electron chi connectivity index (χ1n) is 5.78. The van der Waals surface area contributed by atoms with Crippen molar-refractivity contribution in [2.75, 3.05) is 18.1 Å². The van der Waals surface area contributed by atoms with Gasteiger partial charge in [-0.2, -0.15) is 11.8 Å². The zero-order valence-corrected chi connectivity index (χ0v) is 11.0. The fourth-order valence-electron chi connectivity index (χ4n) is 1.83. The van der Waals surface area contributed by atoms with E-state index in [1.165, 1.54) is 4.90 Å². The van der Waals surface area contributed by atoms with Crippen molar-refractivity contribution >= 4 is 23.6 Å². The predicted molar refractivity (Wildman–Crippen MR) is 66.4 cm³/mol. The molecule has 1 N–H and O–H groups in total. The van der Waals surface area contributed by atoms with Gasteiger partial charge < -0.3 is 5.32 Å². The summed E-state index contributed by atoms with van der Waals surface area (Å²) in [5, 5.41) is 3.23. The van der Waals surface area contributed by atoms with E-state index < -0.39 is 0 Å². The van der Waals surface area contributed by atoms with E-state index >= 15 is 0 Å². The van der Waals surface area contributed by atoms with Crippen LogP contribution >= 0.6 is 11.8 Å². The van der Waals surface area contributed by atoms with Gasteiger partial charge in [-0.15, -0.1) is 0 Å². The van der Waals surface area contributed by atoms with Crippen LogP contribution in [0, 0.1) is 0 Å². The number of hydrogen-bond acceptors (Lipinski definition) is 4. The Kier molecular flexibility index (Phi) is 5.28. The molecule has 1 fully saturated rings. The smallest absolute Gasteiger partial charge is 0.246 e. The second-order valence-electron chi connectivity index (χ2n) is 3.96. The van der Waals surface area contributed by atoms with Gasteiger partial charge in [-0.05, 0) is 19.6 Å². The first-order valence-corrected chi connectivity index (χ1v) is 6.93. The van der Waals surface area contributed by atoms with E-state index in [9.17, 15) is 9.59 Å². The first kappa shape index (κ1) is 13.5. The van der Waals surface area contributed by atoms with Gasteiger partial charge in [-0.25, -0.2) is 0 Å². The summed E-state index contributed by atoms with van der Waals surface area (Å²) < 4.78 is 0. The largest absolute Gasteiger partial charge is 0.302 e. The van der Waals surface area contributed by atoms with Gasteiger partial charge in [0, 0.05) is 18.3 Å². The minimum atomic E-state index is -0.306. The van der Waals surface area contributed by atoms with E-state index in [1.807, 2.05) is 18.7 Å². The molecule has 2 atom stereocenters. The number of nitrogens with zero attached hydrogens (tertiary/aromatic N) is 1. The van der Waals surface area contributed by atoms with Gasteiger partial charge in [0.2, 0.25) is 11.8 Å². The lowest BCUT2D eigenvalue weighted by molar-refractivity contribution is -0.138. The number of rotatable bonds is 6. The highest BCUT2D eigenvalue weighted by atomic mass is 32.2. The van der Waals surface area contributed by atoms with Crippen LogP contribution in [0.5, 0.6) is 0 Å². The van der Waals surface area contributed by atoms with Gasteiger partial charge >= 0.3 is 0 Å². The van der Waals surface area contributed by atoms with Crippen molar-refractivity contribution in [3.63, 3.8) is 0 Å². The van der Waals surface area contributed by atoms with Crippen molar-refractivity contribution in [3.05, 3.63) is 0 Å². The van der Waals surface area contributed by atoms with Gasteiger partial charge in [-0.3, -0.25) is 14.5 Å². The lowest BCUT2D eigenvalue weighted by Gasteiger charge is -2.17. The molecular weight excluding hydrogens is 224 g/mol. The zero-order valence-electron chi connectivity index (χ0n) is 10.2. The molecule has 2 unspecified atom stereocenters. The lowest BCUT2D eigenvalue weighted by Crippen LogP contribution is -2.43. The van der Waals surface area contributed by atoms with Crippen molar-refractivity contribution in [3.8, 4) is 0 Å². The molecule has 0 aliphatic carbocycles. The number of thioether (sulfide) groups is 1. The molecule has 1 heterocycles. The quantitative estimate of drug-likeness (QED) is 0.704. The highest BCUT2D eigenvalue weighted by molar-refractivity contribution is 7.99. The van der Waals surface area contributed by atoms with Crippen molar-refractivity contribution in [1.82, 2.24) is 10.2 Å². The van der Waals surface area contributed by atoms with Crippen LogP contribution in [-0.2, 0) is 9.59 Å². The van der Waals surface area contributed by atoms with Crippen molar-refractivity contribution < 1.29 is 9.59 Å². The summed E-state index contributed by atoms with van der Waals surface area (Å²) in [7, 11) is 0. The Bertz CT molecular complexity index is 271. The van der Waals surface area contributed by atoms with E-state index in [0.29, 0.717) is 13.0 Å². The summed E-state index contributed by atoms with van der Waals surface area (Å²) in [6.45, 7) is 6.47. The Morgan fingerprint density at radius 3 is 2.69 bits per heavy atom. The Morgan fingerprint density at radius 2 is 2.19 bits per heavy atom. The molecule has 0 spiro atoms. The molecule has 4 nitrogen and oxygen atoms in total.